The van der Waals surface area contributed by atoms with Crippen molar-refractivity contribution in [3.8, 4) is 0 Å². The molecule has 0 N–H and O–H groups in total. The molecule has 0 unspecified atom stereocenters. The van der Waals surface area contributed by atoms with Crippen molar-refractivity contribution < 1.29 is 9.90 Å². The van der Waals surface area contributed by atoms with Crippen LogP contribution in [-0.4, -0.2) is 15.5 Å². The fourth-order valence-electron chi connectivity index (χ4n) is 1.78. The summed E-state index contributed by atoms with van der Waals surface area (Å²) in [6, 6.07) is 7.39. The van der Waals surface area contributed by atoms with E-state index in [0.29, 0.717) is 18.0 Å². The number of hydrogen-bond acceptors (Lipinski definition) is 3. The number of imidazole rings is 1. The van der Waals surface area contributed by atoms with E-state index in [1.165, 1.54) is 0 Å². The first-order chi connectivity index (χ1) is 7.59. The van der Waals surface area contributed by atoms with E-state index in [9.17, 15) is 9.90 Å². The average molecular weight is 217 g/mol. The van der Waals surface area contributed by atoms with Crippen molar-refractivity contribution >= 4 is 17.0 Å². The Labute approximate surface area is 93.5 Å². The van der Waals surface area contributed by atoms with Crippen LogP contribution in [0.5, 0.6) is 0 Å². The van der Waals surface area contributed by atoms with Crippen molar-refractivity contribution in [1.29, 1.82) is 0 Å². The first kappa shape index (κ1) is 10.7. The van der Waals surface area contributed by atoms with Crippen LogP contribution in [0.3, 0.4) is 0 Å². The second kappa shape index (κ2) is 3.96. The van der Waals surface area contributed by atoms with Gasteiger partial charge in [0, 0.05) is 6.54 Å². The van der Waals surface area contributed by atoms with Crippen molar-refractivity contribution in [3.63, 3.8) is 0 Å². The van der Waals surface area contributed by atoms with Gasteiger partial charge in [-0.1, -0.05) is 26.0 Å². The van der Waals surface area contributed by atoms with Crippen molar-refractivity contribution in [2.45, 2.75) is 20.4 Å². The Morgan fingerprint density at radius 3 is 2.75 bits per heavy atom. The smallest absolute Gasteiger partial charge is 0.156 e. The summed E-state index contributed by atoms with van der Waals surface area (Å²) in [6.45, 7) is 4.70. The molecule has 0 fully saturated rings. The lowest BCUT2D eigenvalue weighted by molar-refractivity contribution is -0.256. The molecule has 2 aromatic rings. The predicted molar refractivity (Wildman–Crippen MR) is 58.9 cm³/mol. The summed E-state index contributed by atoms with van der Waals surface area (Å²) >= 11 is 0. The van der Waals surface area contributed by atoms with Gasteiger partial charge in [0.15, 0.2) is 5.82 Å². The summed E-state index contributed by atoms with van der Waals surface area (Å²) in [7, 11) is 0. The minimum Gasteiger partial charge on any atom is -0.542 e. The van der Waals surface area contributed by atoms with Gasteiger partial charge in [0.1, 0.15) is 5.97 Å². The van der Waals surface area contributed by atoms with E-state index in [1.807, 2.05) is 32.0 Å². The summed E-state index contributed by atoms with van der Waals surface area (Å²) in [5, 5.41) is 11.0. The van der Waals surface area contributed by atoms with Gasteiger partial charge in [-0.15, -0.1) is 0 Å². The molecule has 1 aromatic heterocycles. The van der Waals surface area contributed by atoms with Crippen LogP contribution >= 0.6 is 0 Å². The normalized spacial score (nSPS) is 11.2. The van der Waals surface area contributed by atoms with Crippen molar-refractivity contribution in [3.05, 3.63) is 30.1 Å². The zero-order valence-electron chi connectivity index (χ0n) is 9.30. The van der Waals surface area contributed by atoms with Crippen LogP contribution in [-0.2, 0) is 6.54 Å². The lowest BCUT2D eigenvalue weighted by atomic mass is 10.2. The fraction of sp³-hybridized carbons (Fsp3) is 0.333. The lowest BCUT2D eigenvalue weighted by Gasteiger charge is -2.11. The number of carboxylic acid groups (broad SMARTS) is 1. The third kappa shape index (κ3) is 1.78. The summed E-state index contributed by atoms with van der Waals surface area (Å²) in [6.07, 6.45) is 0. The molecule has 0 radical (unpaired) electrons. The standard InChI is InChI=1S/C12H14N2O2/c1-8(2)7-14-10-6-4-3-5-9(10)13-11(14)12(15)16/h3-6,8H,7H2,1-2H3,(H,15,16)/p-1. The lowest BCUT2D eigenvalue weighted by Crippen LogP contribution is -2.27. The van der Waals surface area contributed by atoms with Gasteiger partial charge in [0.2, 0.25) is 0 Å². The highest BCUT2D eigenvalue weighted by Gasteiger charge is 2.11. The van der Waals surface area contributed by atoms with Gasteiger partial charge >= 0.3 is 0 Å². The minimum atomic E-state index is -1.23. The minimum absolute atomic E-state index is 0.00917. The van der Waals surface area contributed by atoms with E-state index in [-0.39, 0.29) is 5.82 Å². The summed E-state index contributed by atoms with van der Waals surface area (Å²) in [4.78, 5) is 15.0. The van der Waals surface area contributed by atoms with Crippen LogP contribution < -0.4 is 5.11 Å². The molecule has 84 valence electrons. The number of nitrogens with zero attached hydrogens (tertiary/aromatic N) is 2. The number of hydrogen-bond donors (Lipinski definition) is 0. The maximum Gasteiger partial charge on any atom is 0.156 e. The van der Waals surface area contributed by atoms with E-state index >= 15 is 0 Å². The van der Waals surface area contributed by atoms with Crippen molar-refractivity contribution in [2.75, 3.05) is 0 Å². The molecular formula is C12H13N2O2-. The zero-order chi connectivity index (χ0) is 11.7. The van der Waals surface area contributed by atoms with Crippen LogP contribution in [0.25, 0.3) is 11.0 Å². The van der Waals surface area contributed by atoms with E-state index < -0.39 is 5.97 Å². The van der Waals surface area contributed by atoms with Gasteiger partial charge < -0.3 is 14.5 Å². The molecule has 0 spiro atoms. The van der Waals surface area contributed by atoms with Gasteiger partial charge in [0.05, 0.1) is 11.0 Å². The highest BCUT2D eigenvalue weighted by Crippen LogP contribution is 2.17. The molecule has 0 bridgehead atoms. The number of rotatable bonds is 3. The maximum atomic E-state index is 11.0. The van der Waals surface area contributed by atoms with Gasteiger partial charge in [-0.25, -0.2) is 4.98 Å². The SMILES string of the molecule is CC(C)Cn1c(C(=O)[O-])nc2ccccc21. The van der Waals surface area contributed by atoms with Crippen LogP contribution in [0.15, 0.2) is 24.3 Å². The number of carbonyl (C=O) groups is 1. The van der Waals surface area contributed by atoms with Crippen LogP contribution in [0.4, 0.5) is 0 Å². The Morgan fingerprint density at radius 1 is 1.44 bits per heavy atom. The van der Waals surface area contributed by atoms with Crippen LogP contribution in [0.2, 0.25) is 0 Å². The van der Waals surface area contributed by atoms with E-state index in [0.717, 1.165) is 5.52 Å². The van der Waals surface area contributed by atoms with Crippen LogP contribution in [0, 0.1) is 5.92 Å². The molecular weight excluding hydrogens is 204 g/mol. The molecule has 1 aromatic carbocycles. The first-order valence-electron chi connectivity index (χ1n) is 5.26. The Balaban J connectivity index is 2.64. The summed E-state index contributed by atoms with van der Waals surface area (Å²) in [5.74, 6) is -0.859. The molecule has 0 amide bonds. The largest absolute Gasteiger partial charge is 0.542 e. The Hall–Kier alpha value is -1.84. The number of aromatic carboxylic acids is 1. The number of carbonyl (C=O) groups excluding carboxylic acids is 1. The van der Waals surface area contributed by atoms with E-state index in [2.05, 4.69) is 4.98 Å². The van der Waals surface area contributed by atoms with Gasteiger partial charge in [-0.05, 0) is 18.1 Å². The number of para-hydroxylation sites is 2. The highest BCUT2D eigenvalue weighted by molar-refractivity contribution is 5.88. The number of aromatic nitrogens is 2. The Kier molecular flexibility index (Phi) is 2.64. The molecule has 4 nitrogen and oxygen atoms in total. The van der Waals surface area contributed by atoms with E-state index in [1.54, 1.807) is 10.6 Å². The van der Waals surface area contributed by atoms with Gasteiger partial charge in [-0.2, -0.15) is 0 Å². The topological polar surface area (TPSA) is 58.0 Å². The molecule has 0 aliphatic rings. The summed E-state index contributed by atoms with van der Waals surface area (Å²) < 4.78 is 1.70. The van der Waals surface area contributed by atoms with Crippen molar-refractivity contribution in [1.82, 2.24) is 9.55 Å². The molecule has 0 atom stereocenters. The van der Waals surface area contributed by atoms with Gasteiger partial charge in [0.25, 0.3) is 0 Å². The molecule has 16 heavy (non-hydrogen) atoms. The molecule has 0 saturated heterocycles. The fourth-order valence-corrected chi connectivity index (χ4v) is 1.78. The molecule has 2 rings (SSSR count). The zero-order valence-corrected chi connectivity index (χ0v) is 9.30. The number of benzene rings is 1. The number of carboxylic acids is 1. The second-order valence-corrected chi connectivity index (χ2v) is 4.22. The molecule has 4 heteroatoms. The summed E-state index contributed by atoms with van der Waals surface area (Å²) in [5.41, 5.74) is 1.54. The first-order valence-corrected chi connectivity index (χ1v) is 5.26. The Morgan fingerprint density at radius 2 is 2.12 bits per heavy atom. The number of fused-ring (bicyclic) bond motifs is 1. The molecule has 0 aliphatic carbocycles. The quantitative estimate of drug-likeness (QED) is 0.772. The average Bonchev–Trinajstić information content (AvgIpc) is 2.57. The highest BCUT2D eigenvalue weighted by atomic mass is 16.4. The molecule has 0 saturated carbocycles. The third-order valence-electron chi connectivity index (χ3n) is 2.38. The predicted octanol–water partition coefficient (Wildman–Crippen LogP) is 1.06. The second-order valence-electron chi connectivity index (χ2n) is 4.22. The van der Waals surface area contributed by atoms with Crippen molar-refractivity contribution in [2.24, 2.45) is 5.92 Å². The monoisotopic (exact) mass is 217 g/mol. The van der Waals surface area contributed by atoms with E-state index in [4.69, 9.17) is 0 Å². The maximum absolute atomic E-state index is 11.0. The van der Waals surface area contributed by atoms with Gasteiger partial charge in [-0.3, -0.25) is 0 Å². The molecule has 0 aliphatic heterocycles. The Bertz CT molecular complexity index is 529. The molecule has 1 heterocycles. The van der Waals surface area contributed by atoms with Crippen LogP contribution in [0.1, 0.15) is 24.5 Å². The third-order valence-corrected chi connectivity index (χ3v) is 2.38.